The summed E-state index contributed by atoms with van der Waals surface area (Å²) in [4.78, 5) is 11.8. The Morgan fingerprint density at radius 2 is 2.10 bits per heavy atom. The van der Waals surface area contributed by atoms with Gasteiger partial charge in [0.2, 0.25) is 0 Å². The van der Waals surface area contributed by atoms with Crippen molar-refractivity contribution < 1.29 is 23.0 Å². The Hall–Kier alpha value is -1.89. The Bertz CT molecular complexity index is 442. The van der Waals surface area contributed by atoms with Gasteiger partial charge in [0.1, 0.15) is 0 Å². The summed E-state index contributed by atoms with van der Waals surface area (Å²) in [6.45, 7) is -1.94. The summed E-state index contributed by atoms with van der Waals surface area (Å²) in [6, 6.07) is 4.12. The number of nitrogens with one attached hydrogen (secondary N) is 1. The van der Waals surface area contributed by atoms with Crippen molar-refractivity contribution in [1.29, 1.82) is 0 Å². The first-order valence-corrected chi connectivity index (χ1v) is 6.19. The van der Waals surface area contributed by atoms with Crippen molar-refractivity contribution in [2.75, 3.05) is 20.2 Å². The van der Waals surface area contributed by atoms with Crippen LogP contribution in [-0.2, 0) is 0 Å². The second kappa shape index (κ2) is 8.31. The van der Waals surface area contributed by atoms with Crippen LogP contribution in [0.2, 0.25) is 0 Å². The number of benzene rings is 1. The molecule has 0 atom stereocenters. The molecule has 20 heavy (non-hydrogen) atoms. The molecule has 0 spiro atoms. The van der Waals surface area contributed by atoms with Crippen molar-refractivity contribution in [2.24, 2.45) is 5.73 Å². The van der Waals surface area contributed by atoms with Crippen molar-refractivity contribution in [3.63, 3.8) is 0 Å². The third-order valence-electron chi connectivity index (χ3n) is 2.56. The number of carbonyl (C=O) groups is 1. The van der Waals surface area contributed by atoms with Crippen LogP contribution < -0.4 is 20.5 Å². The third-order valence-corrected chi connectivity index (χ3v) is 2.56. The van der Waals surface area contributed by atoms with Crippen LogP contribution in [0, 0.1) is 0 Å². The third kappa shape index (κ3) is 5.00. The van der Waals surface area contributed by atoms with E-state index < -0.39 is 6.61 Å². The van der Waals surface area contributed by atoms with Gasteiger partial charge in [-0.05, 0) is 37.6 Å². The average Bonchev–Trinajstić information content (AvgIpc) is 2.42. The van der Waals surface area contributed by atoms with Crippen LogP contribution in [0.5, 0.6) is 11.5 Å². The minimum atomic E-state index is -2.98. The van der Waals surface area contributed by atoms with E-state index in [9.17, 15) is 13.6 Å². The number of ether oxygens (including phenoxy) is 2. The molecular formula is C13H18F2N2O3. The first-order chi connectivity index (χ1) is 9.58. The second-order valence-corrected chi connectivity index (χ2v) is 4.00. The molecule has 7 heteroatoms. The molecule has 1 amide bonds. The maximum atomic E-state index is 12.3. The lowest BCUT2D eigenvalue weighted by molar-refractivity contribution is -0.0512. The normalized spacial score (nSPS) is 10.4. The van der Waals surface area contributed by atoms with E-state index in [1.807, 2.05) is 0 Å². The van der Waals surface area contributed by atoms with E-state index in [2.05, 4.69) is 10.1 Å². The lowest BCUT2D eigenvalue weighted by atomic mass is 10.2. The first-order valence-electron chi connectivity index (χ1n) is 6.19. The van der Waals surface area contributed by atoms with Crippen LogP contribution in [0.25, 0.3) is 0 Å². The SMILES string of the molecule is COc1ccc(C(=O)NCCCCN)cc1OC(F)F. The fourth-order valence-electron chi connectivity index (χ4n) is 1.58. The van der Waals surface area contributed by atoms with Gasteiger partial charge in [-0.3, -0.25) is 4.79 Å². The highest BCUT2D eigenvalue weighted by molar-refractivity contribution is 5.94. The number of amides is 1. The van der Waals surface area contributed by atoms with Gasteiger partial charge in [-0.2, -0.15) is 8.78 Å². The standard InChI is InChI=1S/C13H18F2N2O3/c1-19-10-5-4-9(8-11(10)20-13(14)15)12(18)17-7-3-2-6-16/h4-5,8,13H,2-3,6-7,16H2,1H3,(H,17,18). The van der Waals surface area contributed by atoms with Gasteiger partial charge in [0.15, 0.2) is 11.5 Å². The molecule has 1 aromatic rings. The predicted octanol–water partition coefficient (Wildman–Crippen LogP) is 1.77. The van der Waals surface area contributed by atoms with E-state index in [-0.39, 0.29) is 23.0 Å². The van der Waals surface area contributed by atoms with Crippen LogP contribution in [0.15, 0.2) is 18.2 Å². The Morgan fingerprint density at radius 3 is 2.70 bits per heavy atom. The number of carbonyl (C=O) groups excluding carboxylic acids is 1. The molecule has 0 fully saturated rings. The van der Waals surface area contributed by atoms with Crippen molar-refractivity contribution in [1.82, 2.24) is 5.32 Å². The molecule has 0 aliphatic rings. The van der Waals surface area contributed by atoms with E-state index in [1.165, 1.54) is 25.3 Å². The van der Waals surface area contributed by atoms with Gasteiger partial charge in [-0.25, -0.2) is 0 Å². The zero-order chi connectivity index (χ0) is 15.0. The van der Waals surface area contributed by atoms with E-state index in [0.29, 0.717) is 13.1 Å². The Balaban J connectivity index is 2.72. The molecule has 1 rings (SSSR count). The molecule has 5 nitrogen and oxygen atoms in total. The molecule has 0 saturated carbocycles. The van der Waals surface area contributed by atoms with Crippen LogP contribution in [0.3, 0.4) is 0 Å². The van der Waals surface area contributed by atoms with E-state index >= 15 is 0 Å². The maximum absolute atomic E-state index is 12.3. The molecular weight excluding hydrogens is 270 g/mol. The van der Waals surface area contributed by atoms with Gasteiger partial charge < -0.3 is 20.5 Å². The maximum Gasteiger partial charge on any atom is 0.387 e. The summed E-state index contributed by atoms with van der Waals surface area (Å²) < 4.78 is 33.7. The number of methoxy groups -OCH3 is 1. The van der Waals surface area contributed by atoms with Crippen molar-refractivity contribution in [3.05, 3.63) is 23.8 Å². The molecule has 112 valence electrons. The highest BCUT2D eigenvalue weighted by Gasteiger charge is 2.14. The summed E-state index contributed by atoms with van der Waals surface area (Å²) >= 11 is 0. The number of unbranched alkanes of at least 4 members (excludes halogenated alkanes) is 1. The van der Waals surface area contributed by atoms with Gasteiger partial charge in [0.25, 0.3) is 5.91 Å². The minimum Gasteiger partial charge on any atom is -0.493 e. The summed E-state index contributed by atoms with van der Waals surface area (Å²) in [7, 11) is 1.33. The Labute approximate surface area is 116 Å². The molecule has 0 unspecified atom stereocenters. The molecule has 0 bridgehead atoms. The summed E-state index contributed by atoms with van der Waals surface area (Å²) in [6.07, 6.45) is 1.57. The van der Waals surface area contributed by atoms with E-state index in [4.69, 9.17) is 10.5 Å². The Kier molecular flexibility index (Phi) is 6.72. The van der Waals surface area contributed by atoms with Gasteiger partial charge >= 0.3 is 6.61 Å². The monoisotopic (exact) mass is 288 g/mol. The molecule has 0 aromatic heterocycles. The summed E-state index contributed by atoms with van der Waals surface area (Å²) in [5.74, 6) is -0.383. The van der Waals surface area contributed by atoms with Crippen molar-refractivity contribution in [3.8, 4) is 11.5 Å². The highest BCUT2D eigenvalue weighted by Crippen LogP contribution is 2.29. The average molecular weight is 288 g/mol. The first kappa shape index (κ1) is 16.2. The van der Waals surface area contributed by atoms with Crippen LogP contribution in [-0.4, -0.2) is 32.7 Å². The molecule has 0 aliphatic carbocycles. The van der Waals surface area contributed by atoms with Gasteiger partial charge in [0.05, 0.1) is 7.11 Å². The minimum absolute atomic E-state index is 0.144. The van der Waals surface area contributed by atoms with E-state index in [1.54, 1.807) is 0 Å². The smallest absolute Gasteiger partial charge is 0.387 e. The molecule has 0 saturated heterocycles. The number of nitrogens with two attached hydrogens (primary N) is 1. The van der Waals surface area contributed by atoms with Gasteiger partial charge in [0, 0.05) is 12.1 Å². The lowest BCUT2D eigenvalue weighted by Gasteiger charge is -2.11. The van der Waals surface area contributed by atoms with Gasteiger partial charge in [-0.1, -0.05) is 0 Å². The summed E-state index contributed by atoms with van der Waals surface area (Å²) in [5, 5.41) is 2.67. The quantitative estimate of drug-likeness (QED) is 0.715. The number of rotatable bonds is 8. The zero-order valence-corrected chi connectivity index (χ0v) is 11.2. The molecule has 0 heterocycles. The van der Waals surface area contributed by atoms with Crippen LogP contribution in [0.4, 0.5) is 8.78 Å². The number of halogens is 2. The fraction of sp³-hybridized carbons (Fsp3) is 0.462. The second-order valence-electron chi connectivity index (χ2n) is 4.00. The number of hydrogen-bond acceptors (Lipinski definition) is 4. The largest absolute Gasteiger partial charge is 0.493 e. The molecule has 0 radical (unpaired) electrons. The van der Waals surface area contributed by atoms with Crippen LogP contribution in [0.1, 0.15) is 23.2 Å². The zero-order valence-electron chi connectivity index (χ0n) is 11.2. The lowest BCUT2D eigenvalue weighted by Crippen LogP contribution is -2.25. The topological polar surface area (TPSA) is 73.6 Å². The summed E-state index contributed by atoms with van der Waals surface area (Å²) in [5.41, 5.74) is 5.57. The van der Waals surface area contributed by atoms with E-state index in [0.717, 1.165) is 12.8 Å². The van der Waals surface area contributed by atoms with Gasteiger partial charge in [-0.15, -0.1) is 0 Å². The van der Waals surface area contributed by atoms with Crippen molar-refractivity contribution >= 4 is 5.91 Å². The molecule has 0 aliphatic heterocycles. The van der Waals surface area contributed by atoms with Crippen molar-refractivity contribution in [2.45, 2.75) is 19.5 Å². The highest BCUT2D eigenvalue weighted by atomic mass is 19.3. The number of hydrogen-bond donors (Lipinski definition) is 2. The predicted molar refractivity (Wildman–Crippen MR) is 70.2 cm³/mol. The molecule has 3 N–H and O–H groups in total. The number of alkyl halides is 2. The Morgan fingerprint density at radius 1 is 1.35 bits per heavy atom. The molecule has 1 aromatic carbocycles. The van der Waals surface area contributed by atoms with Crippen LogP contribution >= 0.6 is 0 Å². The fourth-order valence-corrected chi connectivity index (χ4v) is 1.58.